The largest absolute Gasteiger partial charge is 0.381 e. The van der Waals surface area contributed by atoms with Gasteiger partial charge < -0.3 is 10.2 Å². The quantitative estimate of drug-likeness (QED) is 0.804. The summed E-state index contributed by atoms with van der Waals surface area (Å²) in [6.45, 7) is 1.48. The van der Waals surface area contributed by atoms with Crippen LogP contribution in [0.1, 0.15) is 12.8 Å². The van der Waals surface area contributed by atoms with Gasteiger partial charge in [-0.3, -0.25) is 4.84 Å². The van der Waals surface area contributed by atoms with E-state index in [1.807, 2.05) is 30.3 Å². The molecule has 1 unspecified atom stereocenters. The Morgan fingerprint density at radius 2 is 2.17 bits per heavy atom. The second kappa shape index (κ2) is 6.26. The van der Waals surface area contributed by atoms with Gasteiger partial charge in [0.15, 0.2) is 0 Å². The number of piperidine rings is 1. The Labute approximate surface area is 107 Å². The standard InChI is InChI=1S/C13H19N3O2/c1-18-15-13(17)16-9-5-8-12(10-16)14-11-6-3-2-4-7-11/h2-4,6-7,12,14H,5,8-10H2,1H3,(H,15,17). The molecular formula is C13H19N3O2. The summed E-state index contributed by atoms with van der Waals surface area (Å²) in [4.78, 5) is 18.1. The molecule has 0 radical (unpaired) electrons. The molecule has 0 aliphatic carbocycles. The number of anilines is 1. The summed E-state index contributed by atoms with van der Waals surface area (Å²) in [6, 6.07) is 10.2. The number of nitrogens with zero attached hydrogens (tertiary/aromatic N) is 1. The van der Waals surface area contributed by atoms with Crippen molar-refractivity contribution < 1.29 is 9.63 Å². The first-order valence-electron chi connectivity index (χ1n) is 6.19. The Hall–Kier alpha value is -1.75. The third kappa shape index (κ3) is 3.37. The minimum absolute atomic E-state index is 0.169. The predicted molar refractivity (Wildman–Crippen MR) is 70.2 cm³/mol. The molecule has 1 aliphatic heterocycles. The zero-order valence-electron chi connectivity index (χ0n) is 10.6. The molecular weight excluding hydrogens is 230 g/mol. The molecule has 98 valence electrons. The number of benzene rings is 1. The third-order valence-electron chi connectivity index (χ3n) is 3.04. The fourth-order valence-corrected chi connectivity index (χ4v) is 2.20. The number of hydroxylamine groups is 1. The van der Waals surface area contributed by atoms with Crippen molar-refractivity contribution in [3.63, 3.8) is 0 Å². The highest BCUT2D eigenvalue weighted by Crippen LogP contribution is 2.15. The van der Waals surface area contributed by atoms with E-state index >= 15 is 0 Å². The van der Waals surface area contributed by atoms with Crippen LogP contribution in [0.5, 0.6) is 0 Å². The SMILES string of the molecule is CONC(=O)N1CCCC(Nc2ccccc2)C1. The molecule has 1 fully saturated rings. The van der Waals surface area contributed by atoms with E-state index in [-0.39, 0.29) is 6.03 Å². The lowest BCUT2D eigenvalue weighted by atomic mass is 10.1. The number of nitrogens with one attached hydrogen (secondary N) is 2. The highest BCUT2D eigenvalue weighted by atomic mass is 16.6. The first-order valence-corrected chi connectivity index (χ1v) is 6.19. The maximum atomic E-state index is 11.7. The molecule has 2 N–H and O–H groups in total. The Morgan fingerprint density at radius 3 is 2.89 bits per heavy atom. The zero-order valence-corrected chi connectivity index (χ0v) is 10.6. The molecule has 0 aromatic heterocycles. The average Bonchev–Trinajstić information content (AvgIpc) is 2.40. The van der Waals surface area contributed by atoms with Gasteiger partial charge in [0.05, 0.1) is 7.11 Å². The highest BCUT2D eigenvalue weighted by Gasteiger charge is 2.23. The summed E-state index contributed by atoms with van der Waals surface area (Å²) in [5, 5.41) is 3.45. The number of rotatable bonds is 3. The number of hydrogen-bond acceptors (Lipinski definition) is 3. The van der Waals surface area contributed by atoms with E-state index in [1.165, 1.54) is 7.11 Å². The van der Waals surface area contributed by atoms with Gasteiger partial charge in [0.2, 0.25) is 0 Å². The summed E-state index contributed by atoms with van der Waals surface area (Å²) < 4.78 is 0. The molecule has 1 atom stereocenters. The summed E-state index contributed by atoms with van der Waals surface area (Å²) in [5.74, 6) is 0. The van der Waals surface area contributed by atoms with Gasteiger partial charge in [0, 0.05) is 24.8 Å². The van der Waals surface area contributed by atoms with Crippen molar-refractivity contribution in [2.75, 3.05) is 25.5 Å². The van der Waals surface area contributed by atoms with Crippen LogP contribution in [0.4, 0.5) is 10.5 Å². The Morgan fingerprint density at radius 1 is 1.39 bits per heavy atom. The third-order valence-corrected chi connectivity index (χ3v) is 3.04. The molecule has 0 bridgehead atoms. The predicted octanol–water partition coefficient (Wildman–Crippen LogP) is 1.83. The van der Waals surface area contributed by atoms with Crippen molar-refractivity contribution in [1.29, 1.82) is 0 Å². The number of hydrogen-bond donors (Lipinski definition) is 2. The van der Waals surface area contributed by atoms with Gasteiger partial charge in [-0.1, -0.05) is 18.2 Å². The van der Waals surface area contributed by atoms with Gasteiger partial charge in [-0.05, 0) is 25.0 Å². The van der Waals surface area contributed by atoms with Gasteiger partial charge in [-0.15, -0.1) is 0 Å². The van der Waals surface area contributed by atoms with Crippen molar-refractivity contribution in [3.05, 3.63) is 30.3 Å². The van der Waals surface area contributed by atoms with Gasteiger partial charge in [0.1, 0.15) is 0 Å². The molecule has 2 rings (SSSR count). The van der Waals surface area contributed by atoms with Gasteiger partial charge >= 0.3 is 6.03 Å². The molecule has 1 aromatic carbocycles. The monoisotopic (exact) mass is 249 g/mol. The summed E-state index contributed by atoms with van der Waals surface area (Å²) >= 11 is 0. The first-order chi connectivity index (χ1) is 8.79. The smallest absolute Gasteiger partial charge is 0.341 e. The zero-order chi connectivity index (χ0) is 12.8. The Bertz CT molecular complexity index is 383. The van der Waals surface area contributed by atoms with E-state index in [0.29, 0.717) is 12.6 Å². The lowest BCUT2D eigenvalue weighted by Gasteiger charge is -2.33. The molecule has 1 aliphatic rings. The molecule has 1 saturated heterocycles. The molecule has 18 heavy (non-hydrogen) atoms. The van der Waals surface area contributed by atoms with Crippen LogP contribution in [0.25, 0.3) is 0 Å². The number of para-hydroxylation sites is 1. The van der Waals surface area contributed by atoms with Crippen LogP contribution in [0, 0.1) is 0 Å². The highest BCUT2D eigenvalue weighted by molar-refractivity contribution is 5.73. The normalized spacial score (nSPS) is 19.4. The summed E-state index contributed by atoms with van der Waals surface area (Å²) in [7, 11) is 1.45. The molecule has 5 nitrogen and oxygen atoms in total. The maximum Gasteiger partial charge on any atom is 0.341 e. The summed E-state index contributed by atoms with van der Waals surface area (Å²) in [5.41, 5.74) is 3.45. The van der Waals surface area contributed by atoms with Crippen molar-refractivity contribution in [2.45, 2.75) is 18.9 Å². The van der Waals surface area contributed by atoms with Crippen molar-refractivity contribution in [1.82, 2.24) is 10.4 Å². The van der Waals surface area contributed by atoms with E-state index in [9.17, 15) is 4.79 Å². The molecule has 5 heteroatoms. The number of amides is 2. The van der Waals surface area contributed by atoms with Crippen LogP contribution in [0.2, 0.25) is 0 Å². The molecule has 1 aromatic rings. The first kappa shape index (κ1) is 12.7. The molecule has 0 saturated carbocycles. The number of carbonyl (C=O) groups excluding carboxylic acids is 1. The van der Waals surface area contributed by atoms with Gasteiger partial charge in [-0.25, -0.2) is 10.3 Å². The van der Waals surface area contributed by atoms with E-state index in [2.05, 4.69) is 15.6 Å². The lowest BCUT2D eigenvalue weighted by molar-refractivity contribution is 0.0820. The molecule has 2 amide bonds. The van der Waals surface area contributed by atoms with Crippen LogP contribution in [-0.4, -0.2) is 37.2 Å². The topological polar surface area (TPSA) is 53.6 Å². The van der Waals surface area contributed by atoms with Crippen molar-refractivity contribution in [3.8, 4) is 0 Å². The van der Waals surface area contributed by atoms with Crippen molar-refractivity contribution in [2.24, 2.45) is 0 Å². The van der Waals surface area contributed by atoms with Gasteiger partial charge in [-0.2, -0.15) is 0 Å². The van der Waals surface area contributed by atoms with Crippen LogP contribution in [0.3, 0.4) is 0 Å². The van der Waals surface area contributed by atoms with Crippen LogP contribution in [0.15, 0.2) is 30.3 Å². The van der Waals surface area contributed by atoms with Crippen LogP contribution in [-0.2, 0) is 4.84 Å². The second-order valence-corrected chi connectivity index (χ2v) is 4.41. The molecule has 0 spiro atoms. The van der Waals surface area contributed by atoms with E-state index in [1.54, 1.807) is 4.90 Å². The number of urea groups is 1. The van der Waals surface area contributed by atoms with E-state index in [0.717, 1.165) is 25.1 Å². The average molecular weight is 249 g/mol. The van der Waals surface area contributed by atoms with E-state index < -0.39 is 0 Å². The fraction of sp³-hybridized carbons (Fsp3) is 0.462. The lowest BCUT2D eigenvalue weighted by Crippen LogP contribution is -2.48. The Kier molecular flexibility index (Phi) is 4.41. The number of likely N-dealkylation sites (tertiary alicyclic amines) is 1. The second-order valence-electron chi connectivity index (χ2n) is 4.41. The Balaban J connectivity index is 1.89. The fourth-order valence-electron chi connectivity index (χ4n) is 2.20. The minimum atomic E-state index is -0.169. The van der Waals surface area contributed by atoms with Crippen molar-refractivity contribution >= 4 is 11.7 Å². The van der Waals surface area contributed by atoms with Gasteiger partial charge in [0.25, 0.3) is 0 Å². The van der Waals surface area contributed by atoms with Crippen LogP contribution >= 0.6 is 0 Å². The maximum absolute atomic E-state index is 11.7. The van der Waals surface area contributed by atoms with E-state index in [4.69, 9.17) is 0 Å². The van der Waals surface area contributed by atoms with Crippen LogP contribution < -0.4 is 10.8 Å². The summed E-state index contributed by atoms with van der Waals surface area (Å²) in [6.07, 6.45) is 2.08. The minimum Gasteiger partial charge on any atom is -0.381 e. The number of carbonyl (C=O) groups is 1. The molecule has 1 heterocycles.